The lowest BCUT2D eigenvalue weighted by molar-refractivity contribution is 0.0813. The Labute approximate surface area is 138 Å². The summed E-state index contributed by atoms with van der Waals surface area (Å²) in [5.41, 5.74) is 1.20. The van der Waals surface area contributed by atoms with Gasteiger partial charge in [-0.3, -0.25) is 4.79 Å². The summed E-state index contributed by atoms with van der Waals surface area (Å²) in [6.45, 7) is 0.992. The zero-order valence-corrected chi connectivity index (χ0v) is 12.9. The van der Waals surface area contributed by atoms with Crippen LogP contribution in [-0.4, -0.2) is 39.8 Å². The average molecular weight is 324 g/mol. The Morgan fingerprint density at radius 3 is 3.08 bits per heavy atom. The van der Waals surface area contributed by atoms with Crippen molar-refractivity contribution in [1.29, 1.82) is 0 Å². The highest BCUT2D eigenvalue weighted by molar-refractivity contribution is 5.94. The van der Waals surface area contributed by atoms with Crippen molar-refractivity contribution in [2.75, 3.05) is 13.2 Å². The number of aromatic nitrogens is 3. The molecule has 0 fully saturated rings. The van der Waals surface area contributed by atoms with E-state index < -0.39 is 0 Å². The van der Waals surface area contributed by atoms with Gasteiger partial charge in [-0.2, -0.15) is 5.10 Å². The van der Waals surface area contributed by atoms with Crippen LogP contribution in [0.1, 0.15) is 16.8 Å². The summed E-state index contributed by atoms with van der Waals surface area (Å²) >= 11 is 0. The summed E-state index contributed by atoms with van der Waals surface area (Å²) in [7, 11) is 0. The van der Waals surface area contributed by atoms with E-state index in [9.17, 15) is 4.79 Å². The maximum absolute atomic E-state index is 12.2. The first kappa shape index (κ1) is 14.5. The third kappa shape index (κ3) is 2.88. The van der Waals surface area contributed by atoms with Crippen molar-refractivity contribution in [1.82, 2.24) is 19.9 Å². The number of para-hydroxylation sites is 2. The third-order valence-corrected chi connectivity index (χ3v) is 3.86. The van der Waals surface area contributed by atoms with Gasteiger partial charge in [0.15, 0.2) is 17.1 Å². The van der Waals surface area contributed by atoms with Crippen LogP contribution in [0.2, 0.25) is 0 Å². The number of rotatable bonds is 4. The second-order valence-corrected chi connectivity index (χ2v) is 5.52. The maximum atomic E-state index is 12.2. The topological polar surface area (TPSA) is 77.8 Å². The molecule has 122 valence electrons. The van der Waals surface area contributed by atoms with E-state index in [4.69, 9.17) is 9.47 Å². The molecule has 0 saturated carbocycles. The number of hydrogen-bond acceptors (Lipinski definition) is 5. The normalized spacial score (nSPS) is 16.1. The highest BCUT2D eigenvalue weighted by atomic mass is 16.6. The molecule has 1 atom stereocenters. The minimum atomic E-state index is -0.141. The molecule has 1 aliphatic rings. The smallest absolute Gasteiger partial charge is 0.251 e. The van der Waals surface area contributed by atoms with Crippen molar-refractivity contribution in [2.24, 2.45) is 0 Å². The van der Waals surface area contributed by atoms with Gasteiger partial charge < -0.3 is 14.8 Å². The van der Waals surface area contributed by atoms with E-state index in [0.29, 0.717) is 30.8 Å². The Morgan fingerprint density at radius 1 is 1.29 bits per heavy atom. The molecule has 0 spiro atoms. The monoisotopic (exact) mass is 324 g/mol. The number of amides is 1. The molecule has 0 saturated heterocycles. The summed E-state index contributed by atoms with van der Waals surface area (Å²) in [6, 6.07) is 11.0. The van der Waals surface area contributed by atoms with Crippen LogP contribution in [0.4, 0.5) is 0 Å². The number of carbonyl (C=O) groups excluding carboxylic acids is 1. The zero-order chi connectivity index (χ0) is 16.4. The molecule has 24 heavy (non-hydrogen) atoms. The molecule has 1 aliphatic heterocycles. The summed E-state index contributed by atoms with van der Waals surface area (Å²) in [5, 5.41) is 6.90. The number of fused-ring (bicyclic) bond motifs is 2. The summed E-state index contributed by atoms with van der Waals surface area (Å²) in [5.74, 6) is 1.37. The van der Waals surface area contributed by atoms with Crippen molar-refractivity contribution in [3.63, 3.8) is 0 Å². The number of nitrogens with one attached hydrogen (secondary N) is 1. The minimum Gasteiger partial charge on any atom is -0.486 e. The summed E-state index contributed by atoms with van der Waals surface area (Å²) < 4.78 is 13.1. The average Bonchev–Trinajstić information content (AvgIpc) is 3.09. The van der Waals surface area contributed by atoms with Gasteiger partial charge in [0.1, 0.15) is 19.0 Å². The lowest BCUT2D eigenvalue weighted by Crippen LogP contribution is -2.34. The van der Waals surface area contributed by atoms with Gasteiger partial charge in [0, 0.05) is 24.7 Å². The van der Waals surface area contributed by atoms with Crippen molar-refractivity contribution in [3.05, 3.63) is 54.5 Å². The fourth-order valence-electron chi connectivity index (χ4n) is 2.61. The lowest BCUT2D eigenvalue weighted by atomic mass is 10.2. The van der Waals surface area contributed by atoms with Crippen molar-refractivity contribution in [3.8, 4) is 11.5 Å². The predicted molar refractivity (Wildman–Crippen MR) is 86.3 cm³/mol. The molecule has 7 nitrogen and oxygen atoms in total. The lowest BCUT2D eigenvalue weighted by Gasteiger charge is -2.26. The van der Waals surface area contributed by atoms with Crippen LogP contribution >= 0.6 is 0 Å². The zero-order valence-electron chi connectivity index (χ0n) is 12.9. The number of ether oxygens (including phenoxy) is 2. The Morgan fingerprint density at radius 2 is 2.17 bits per heavy atom. The Balaban J connectivity index is 1.32. The molecule has 3 aromatic rings. The van der Waals surface area contributed by atoms with Crippen LogP contribution in [-0.2, 0) is 0 Å². The predicted octanol–water partition coefficient (Wildman–Crippen LogP) is 1.69. The van der Waals surface area contributed by atoms with Gasteiger partial charge in [-0.25, -0.2) is 9.50 Å². The van der Waals surface area contributed by atoms with Crippen molar-refractivity contribution < 1.29 is 14.3 Å². The molecule has 0 aliphatic carbocycles. The van der Waals surface area contributed by atoms with Crippen LogP contribution < -0.4 is 14.8 Å². The highest BCUT2D eigenvalue weighted by Crippen LogP contribution is 2.31. The van der Waals surface area contributed by atoms with E-state index in [1.807, 2.05) is 24.3 Å². The number of pyridine rings is 1. The Bertz CT molecular complexity index is 877. The quantitative estimate of drug-likeness (QED) is 0.790. The van der Waals surface area contributed by atoms with Crippen LogP contribution in [0.3, 0.4) is 0 Å². The first-order valence-corrected chi connectivity index (χ1v) is 7.76. The molecule has 1 unspecified atom stereocenters. The van der Waals surface area contributed by atoms with Gasteiger partial charge >= 0.3 is 0 Å². The maximum Gasteiger partial charge on any atom is 0.251 e. The second kappa shape index (κ2) is 6.19. The Hall–Kier alpha value is -3.09. The molecule has 4 rings (SSSR count). The molecule has 1 N–H and O–H groups in total. The molecular weight excluding hydrogens is 308 g/mol. The Kier molecular flexibility index (Phi) is 3.74. The van der Waals surface area contributed by atoms with Crippen LogP contribution in [0.25, 0.3) is 5.65 Å². The van der Waals surface area contributed by atoms with E-state index in [-0.39, 0.29) is 12.0 Å². The van der Waals surface area contributed by atoms with Gasteiger partial charge in [-0.15, -0.1) is 0 Å². The van der Waals surface area contributed by atoms with E-state index in [0.717, 1.165) is 11.5 Å². The molecular formula is C17H16N4O3. The second-order valence-electron chi connectivity index (χ2n) is 5.52. The molecule has 1 aromatic carbocycles. The first-order valence-electron chi connectivity index (χ1n) is 7.76. The van der Waals surface area contributed by atoms with Gasteiger partial charge in [-0.1, -0.05) is 12.1 Å². The summed E-state index contributed by atoms with van der Waals surface area (Å²) in [4.78, 5) is 16.3. The molecule has 2 aromatic heterocycles. The molecule has 0 bridgehead atoms. The SMILES string of the molecule is O=C(NCCC1COc2ccccc2O1)c1ccn2ncnc2c1. The fourth-order valence-corrected chi connectivity index (χ4v) is 2.61. The van der Waals surface area contributed by atoms with Crippen LogP contribution in [0, 0.1) is 0 Å². The number of benzene rings is 1. The number of nitrogens with zero attached hydrogens (tertiary/aromatic N) is 3. The van der Waals surface area contributed by atoms with Gasteiger partial charge in [0.25, 0.3) is 5.91 Å². The largest absolute Gasteiger partial charge is 0.486 e. The molecule has 0 radical (unpaired) electrons. The van der Waals surface area contributed by atoms with Crippen LogP contribution in [0.15, 0.2) is 48.9 Å². The molecule has 1 amide bonds. The molecule has 7 heteroatoms. The first-order chi connectivity index (χ1) is 11.8. The van der Waals surface area contributed by atoms with Crippen molar-refractivity contribution in [2.45, 2.75) is 12.5 Å². The highest BCUT2D eigenvalue weighted by Gasteiger charge is 2.20. The van der Waals surface area contributed by atoms with Crippen molar-refractivity contribution >= 4 is 11.6 Å². The third-order valence-electron chi connectivity index (χ3n) is 3.86. The van der Waals surface area contributed by atoms with E-state index in [1.165, 1.54) is 6.33 Å². The van der Waals surface area contributed by atoms with E-state index >= 15 is 0 Å². The van der Waals surface area contributed by atoms with Gasteiger partial charge in [0.2, 0.25) is 0 Å². The van der Waals surface area contributed by atoms with Gasteiger partial charge in [-0.05, 0) is 24.3 Å². The summed E-state index contributed by atoms with van der Waals surface area (Å²) in [6.07, 6.45) is 3.77. The standard InChI is InChI=1S/C17H16N4O3/c22-17(12-6-8-21-16(9-12)19-11-20-21)18-7-5-13-10-23-14-3-1-2-4-15(14)24-13/h1-4,6,8-9,11,13H,5,7,10H2,(H,18,22). The number of carbonyl (C=O) groups is 1. The fraction of sp³-hybridized carbons (Fsp3) is 0.235. The van der Waals surface area contributed by atoms with Gasteiger partial charge in [0.05, 0.1) is 0 Å². The van der Waals surface area contributed by atoms with Crippen LogP contribution in [0.5, 0.6) is 11.5 Å². The van der Waals surface area contributed by atoms with E-state index in [2.05, 4.69) is 15.4 Å². The minimum absolute atomic E-state index is 0.0702. The van der Waals surface area contributed by atoms with E-state index in [1.54, 1.807) is 22.8 Å². The molecule has 3 heterocycles. The number of hydrogen-bond donors (Lipinski definition) is 1.